The highest BCUT2D eigenvalue weighted by molar-refractivity contribution is 5.81. The van der Waals surface area contributed by atoms with E-state index in [2.05, 4.69) is 24.3 Å². The Hall–Kier alpha value is -2.06. The van der Waals surface area contributed by atoms with Crippen LogP contribution in [0.2, 0.25) is 0 Å². The molecule has 0 amide bonds. The molecule has 90 valence electrons. The third-order valence-electron chi connectivity index (χ3n) is 2.95. The molecule has 0 aromatic heterocycles. The average molecular weight is 238 g/mol. The molecule has 0 N–H and O–H groups in total. The summed E-state index contributed by atoms with van der Waals surface area (Å²) >= 11 is 0. The van der Waals surface area contributed by atoms with Gasteiger partial charge < -0.3 is 9.47 Å². The minimum Gasteiger partial charge on any atom is -0.469 e. The molecule has 18 heavy (non-hydrogen) atoms. The monoisotopic (exact) mass is 238 g/mol. The van der Waals surface area contributed by atoms with Gasteiger partial charge >= 0.3 is 0 Å². The zero-order chi connectivity index (χ0) is 12.2. The Labute approximate surface area is 106 Å². The van der Waals surface area contributed by atoms with Crippen molar-refractivity contribution in [3.05, 3.63) is 77.5 Å². The molecular formula is C16H14O2. The molecule has 0 bridgehead atoms. The number of hydrogen-bond acceptors (Lipinski definition) is 2. The first-order chi connectivity index (χ1) is 8.95. The second kappa shape index (κ2) is 5.07. The summed E-state index contributed by atoms with van der Waals surface area (Å²) in [5.74, 6) is 0.910. The SMILES string of the molecule is c1ccc(C(=C2COCO2)c2ccccc2)cc1. The van der Waals surface area contributed by atoms with Crippen molar-refractivity contribution in [1.82, 2.24) is 0 Å². The highest BCUT2D eigenvalue weighted by Gasteiger charge is 2.17. The van der Waals surface area contributed by atoms with E-state index in [1.165, 1.54) is 0 Å². The van der Waals surface area contributed by atoms with Crippen molar-refractivity contribution >= 4 is 5.57 Å². The number of ether oxygens (including phenoxy) is 2. The van der Waals surface area contributed by atoms with Crippen molar-refractivity contribution in [2.75, 3.05) is 13.4 Å². The van der Waals surface area contributed by atoms with Gasteiger partial charge in [0, 0.05) is 5.57 Å². The fourth-order valence-electron chi connectivity index (χ4n) is 2.13. The van der Waals surface area contributed by atoms with Crippen molar-refractivity contribution in [2.45, 2.75) is 0 Å². The highest BCUT2D eigenvalue weighted by atomic mass is 16.7. The van der Waals surface area contributed by atoms with Gasteiger partial charge in [-0.25, -0.2) is 0 Å². The van der Waals surface area contributed by atoms with E-state index in [9.17, 15) is 0 Å². The maximum Gasteiger partial charge on any atom is 0.189 e. The third-order valence-corrected chi connectivity index (χ3v) is 2.95. The van der Waals surface area contributed by atoms with E-state index in [4.69, 9.17) is 9.47 Å². The second-order valence-corrected chi connectivity index (χ2v) is 4.14. The summed E-state index contributed by atoms with van der Waals surface area (Å²) < 4.78 is 10.9. The lowest BCUT2D eigenvalue weighted by molar-refractivity contribution is 0.0802. The number of rotatable bonds is 2. The average Bonchev–Trinajstić information content (AvgIpc) is 2.95. The third kappa shape index (κ3) is 2.15. The minimum atomic E-state index is 0.346. The van der Waals surface area contributed by atoms with Crippen molar-refractivity contribution in [3.8, 4) is 0 Å². The van der Waals surface area contributed by atoms with E-state index in [0.29, 0.717) is 13.4 Å². The Morgan fingerprint density at radius 3 is 1.78 bits per heavy atom. The maximum atomic E-state index is 5.58. The van der Waals surface area contributed by atoms with Gasteiger partial charge in [0.1, 0.15) is 12.4 Å². The fourth-order valence-corrected chi connectivity index (χ4v) is 2.13. The predicted molar refractivity (Wildman–Crippen MR) is 70.8 cm³/mol. The lowest BCUT2D eigenvalue weighted by Gasteiger charge is -2.11. The van der Waals surface area contributed by atoms with Crippen molar-refractivity contribution < 1.29 is 9.47 Å². The van der Waals surface area contributed by atoms with Crippen LogP contribution in [0.5, 0.6) is 0 Å². The molecule has 0 unspecified atom stereocenters. The highest BCUT2D eigenvalue weighted by Crippen LogP contribution is 2.29. The van der Waals surface area contributed by atoms with Gasteiger partial charge in [-0.05, 0) is 11.1 Å². The van der Waals surface area contributed by atoms with Crippen LogP contribution in [0, 0.1) is 0 Å². The Bertz CT molecular complexity index is 494. The van der Waals surface area contributed by atoms with Gasteiger partial charge in [-0.3, -0.25) is 0 Å². The van der Waals surface area contributed by atoms with Gasteiger partial charge in [-0.1, -0.05) is 60.7 Å². The Morgan fingerprint density at radius 2 is 1.33 bits per heavy atom. The van der Waals surface area contributed by atoms with Crippen LogP contribution in [0.3, 0.4) is 0 Å². The van der Waals surface area contributed by atoms with E-state index in [0.717, 1.165) is 22.5 Å². The summed E-state index contributed by atoms with van der Waals surface area (Å²) in [5.41, 5.74) is 3.43. The summed E-state index contributed by atoms with van der Waals surface area (Å²) in [6.45, 7) is 0.887. The van der Waals surface area contributed by atoms with Gasteiger partial charge in [0.15, 0.2) is 6.79 Å². The number of benzene rings is 2. The summed E-state index contributed by atoms with van der Waals surface area (Å²) in [7, 11) is 0. The van der Waals surface area contributed by atoms with Crippen molar-refractivity contribution in [3.63, 3.8) is 0 Å². The van der Waals surface area contributed by atoms with Crippen LogP contribution in [0.1, 0.15) is 11.1 Å². The van der Waals surface area contributed by atoms with Crippen LogP contribution in [0.15, 0.2) is 66.4 Å². The van der Waals surface area contributed by atoms with Crippen LogP contribution in [-0.4, -0.2) is 13.4 Å². The molecule has 0 saturated carbocycles. The van der Waals surface area contributed by atoms with E-state index in [-0.39, 0.29) is 0 Å². The van der Waals surface area contributed by atoms with Crippen LogP contribution in [0.25, 0.3) is 5.57 Å². The molecule has 0 radical (unpaired) electrons. The van der Waals surface area contributed by atoms with Gasteiger partial charge in [0.2, 0.25) is 0 Å². The molecule has 2 heteroatoms. The summed E-state index contributed by atoms with van der Waals surface area (Å²) in [4.78, 5) is 0. The molecule has 2 nitrogen and oxygen atoms in total. The molecule has 1 saturated heterocycles. The lowest BCUT2D eigenvalue weighted by Crippen LogP contribution is -1.96. The molecule has 2 aromatic rings. The van der Waals surface area contributed by atoms with Crippen molar-refractivity contribution in [1.29, 1.82) is 0 Å². The molecule has 0 spiro atoms. The molecule has 3 rings (SSSR count). The molecule has 1 fully saturated rings. The molecule has 2 aromatic carbocycles. The Balaban J connectivity index is 2.14. The van der Waals surface area contributed by atoms with E-state index >= 15 is 0 Å². The molecule has 0 atom stereocenters. The van der Waals surface area contributed by atoms with Crippen molar-refractivity contribution in [2.24, 2.45) is 0 Å². The quantitative estimate of drug-likeness (QED) is 0.797. The van der Waals surface area contributed by atoms with Gasteiger partial charge in [0.25, 0.3) is 0 Å². The van der Waals surface area contributed by atoms with Gasteiger partial charge in [-0.15, -0.1) is 0 Å². The molecular weight excluding hydrogens is 224 g/mol. The Morgan fingerprint density at radius 1 is 0.778 bits per heavy atom. The topological polar surface area (TPSA) is 18.5 Å². The predicted octanol–water partition coefficient (Wildman–Crippen LogP) is 3.45. The van der Waals surface area contributed by atoms with Crippen LogP contribution < -0.4 is 0 Å². The summed E-state index contributed by atoms with van der Waals surface area (Å²) in [6.07, 6.45) is 0. The van der Waals surface area contributed by atoms with E-state index < -0.39 is 0 Å². The molecule has 1 aliphatic heterocycles. The van der Waals surface area contributed by atoms with Gasteiger partial charge in [0.05, 0.1) is 0 Å². The minimum absolute atomic E-state index is 0.346. The van der Waals surface area contributed by atoms with E-state index in [1.54, 1.807) is 0 Å². The van der Waals surface area contributed by atoms with E-state index in [1.807, 2.05) is 36.4 Å². The van der Waals surface area contributed by atoms with Crippen LogP contribution in [-0.2, 0) is 9.47 Å². The zero-order valence-electron chi connectivity index (χ0n) is 10.0. The lowest BCUT2D eigenvalue weighted by atomic mass is 9.97. The fraction of sp³-hybridized carbons (Fsp3) is 0.125. The summed E-state index contributed by atoms with van der Waals surface area (Å²) in [6, 6.07) is 20.6. The standard InChI is InChI=1S/C16H14O2/c1-3-7-13(8-4-1)16(15-11-17-12-18-15)14-9-5-2-6-10-14/h1-10H,11-12H2. The van der Waals surface area contributed by atoms with Gasteiger partial charge in [-0.2, -0.15) is 0 Å². The first kappa shape index (κ1) is 11.1. The molecule has 1 heterocycles. The molecule has 1 aliphatic rings. The largest absolute Gasteiger partial charge is 0.469 e. The molecule has 0 aliphatic carbocycles. The second-order valence-electron chi connectivity index (χ2n) is 4.14. The normalized spacial score (nSPS) is 14.3. The maximum absolute atomic E-state index is 5.58. The number of hydrogen-bond donors (Lipinski definition) is 0. The first-order valence-corrected chi connectivity index (χ1v) is 6.00. The van der Waals surface area contributed by atoms with Crippen LogP contribution in [0.4, 0.5) is 0 Å². The smallest absolute Gasteiger partial charge is 0.189 e. The first-order valence-electron chi connectivity index (χ1n) is 6.00. The Kier molecular flexibility index (Phi) is 3.11. The summed E-state index contributed by atoms with van der Waals surface area (Å²) in [5, 5.41) is 0. The van der Waals surface area contributed by atoms with Crippen LogP contribution >= 0.6 is 0 Å². The zero-order valence-corrected chi connectivity index (χ0v) is 10.0.